The van der Waals surface area contributed by atoms with Crippen molar-refractivity contribution < 1.29 is 22.7 Å². The topological polar surface area (TPSA) is 20.2 Å². The van der Waals surface area contributed by atoms with Gasteiger partial charge in [0.15, 0.2) is 5.60 Å². The first-order chi connectivity index (χ1) is 7.07. The predicted molar refractivity (Wildman–Crippen MR) is 54.5 cm³/mol. The third-order valence-electron chi connectivity index (χ3n) is 2.32. The van der Waals surface area contributed by atoms with Crippen molar-refractivity contribution >= 4 is 15.9 Å². The molecule has 6 heteroatoms. The van der Waals surface area contributed by atoms with E-state index in [1.54, 1.807) is 0 Å². The van der Waals surface area contributed by atoms with E-state index in [9.17, 15) is 22.7 Å². The van der Waals surface area contributed by atoms with E-state index in [1.807, 2.05) is 0 Å². The lowest BCUT2D eigenvalue weighted by Crippen LogP contribution is -2.39. The van der Waals surface area contributed by atoms with Crippen molar-refractivity contribution in [1.82, 2.24) is 0 Å². The van der Waals surface area contributed by atoms with Gasteiger partial charge in [0.05, 0.1) is 4.47 Å². The van der Waals surface area contributed by atoms with Crippen molar-refractivity contribution in [2.24, 2.45) is 0 Å². The maximum Gasteiger partial charge on any atom is 0.421 e. The van der Waals surface area contributed by atoms with Crippen LogP contribution in [-0.2, 0) is 5.60 Å². The molecule has 0 amide bonds. The van der Waals surface area contributed by atoms with Gasteiger partial charge in [0.1, 0.15) is 5.82 Å². The van der Waals surface area contributed by atoms with Crippen LogP contribution in [0.5, 0.6) is 0 Å². The fourth-order valence-corrected chi connectivity index (χ4v) is 1.73. The molecular formula is C10H9BrF4O. The van der Waals surface area contributed by atoms with Crippen LogP contribution >= 0.6 is 15.9 Å². The van der Waals surface area contributed by atoms with Crippen molar-refractivity contribution in [1.29, 1.82) is 0 Å². The van der Waals surface area contributed by atoms with Gasteiger partial charge in [-0.05, 0) is 53.0 Å². The summed E-state index contributed by atoms with van der Waals surface area (Å²) in [5.74, 6) is -0.637. The highest BCUT2D eigenvalue weighted by Crippen LogP contribution is 2.40. The monoisotopic (exact) mass is 300 g/mol. The quantitative estimate of drug-likeness (QED) is 0.785. The number of alkyl halides is 3. The lowest BCUT2D eigenvalue weighted by molar-refractivity contribution is -0.258. The minimum absolute atomic E-state index is 0.0360. The van der Waals surface area contributed by atoms with Crippen molar-refractivity contribution in [3.63, 3.8) is 0 Å². The summed E-state index contributed by atoms with van der Waals surface area (Å²) in [5, 5.41) is 9.39. The highest BCUT2D eigenvalue weighted by molar-refractivity contribution is 9.10. The summed E-state index contributed by atoms with van der Waals surface area (Å²) in [6, 6.07) is 1.91. The fraction of sp³-hybridized carbons (Fsp3) is 0.400. The van der Waals surface area contributed by atoms with E-state index in [1.165, 1.54) is 6.92 Å². The minimum atomic E-state index is -4.81. The van der Waals surface area contributed by atoms with Gasteiger partial charge in [0.2, 0.25) is 0 Å². The summed E-state index contributed by atoms with van der Waals surface area (Å²) in [7, 11) is 0. The average molecular weight is 301 g/mol. The Morgan fingerprint density at radius 1 is 1.25 bits per heavy atom. The van der Waals surface area contributed by atoms with Crippen LogP contribution < -0.4 is 0 Å². The Balaban J connectivity index is 3.35. The normalized spacial score (nSPS) is 16.0. The second-order valence-corrected chi connectivity index (χ2v) is 4.51. The molecule has 0 saturated heterocycles. The number of aliphatic hydroxyl groups is 1. The highest BCUT2D eigenvalue weighted by Gasteiger charge is 2.51. The van der Waals surface area contributed by atoms with Crippen LogP contribution in [0, 0.1) is 12.7 Å². The Labute approximate surface area is 98.2 Å². The lowest BCUT2D eigenvalue weighted by atomic mass is 9.94. The number of hydrogen-bond acceptors (Lipinski definition) is 1. The molecule has 0 radical (unpaired) electrons. The summed E-state index contributed by atoms with van der Waals surface area (Å²) in [6.45, 7) is 1.96. The van der Waals surface area contributed by atoms with Crippen molar-refractivity contribution in [3.05, 3.63) is 33.5 Å². The molecule has 1 unspecified atom stereocenters. The summed E-state index contributed by atoms with van der Waals surface area (Å²) in [5.41, 5.74) is -3.35. The lowest BCUT2D eigenvalue weighted by Gasteiger charge is -2.27. The van der Waals surface area contributed by atoms with E-state index < -0.39 is 23.2 Å². The molecule has 1 rings (SSSR count). The predicted octanol–water partition coefficient (Wildman–Crippen LogP) is 3.67. The zero-order valence-corrected chi connectivity index (χ0v) is 10.1. The molecule has 0 fully saturated rings. The zero-order chi connectivity index (χ0) is 12.7. The molecule has 0 spiro atoms. The van der Waals surface area contributed by atoms with Crippen LogP contribution in [0.2, 0.25) is 0 Å². The van der Waals surface area contributed by atoms with Crippen LogP contribution in [0.1, 0.15) is 18.1 Å². The Morgan fingerprint density at radius 3 is 2.12 bits per heavy atom. The Kier molecular flexibility index (Phi) is 3.36. The van der Waals surface area contributed by atoms with E-state index in [2.05, 4.69) is 15.9 Å². The van der Waals surface area contributed by atoms with Crippen LogP contribution in [0.4, 0.5) is 17.6 Å². The summed E-state index contributed by atoms with van der Waals surface area (Å²) < 4.78 is 50.7. The van der Waals surface area contributed by atoms with Gasteiger partial charge >= 0.3 is 6.18 Å². The summed E-state index contributed by atoms with van der Waals surface area (Å²) in [4.78, 5) is 0. The van der Waals surface area contributed by atoms with Crippen molar-refractivity contribution in [3.8, 4) is 0 Å². The van der Waals surface area contributed by atoms with E-state index in [-0.39, 0.29) is 10.0 Å². The molecule has 1 aromatic carbocycles. The summed E-state index contributed by atoms with van der Waals surface area (Å²) in [6.07, 6.45) is -4.81. The van der Waals surface area contributed by atoms with E-state index in [0.717, 1.165) is 12.1 Å². The highest BCUT2D eigenvalue weighted by atomic mass is 79.9. The fourth-order valence-electron chi connectivity index (χ4n) is 1.17. The third-order valence-corrected chi connectivity index (χ3v) is 2.90. The molecular weight excluding hydrogens is 292 g/mol. The molecule has 1 N–H and O–H groups in total. The van der Waals surface area contributed by atoms with E-state index in [4.69, 9.17) is 0 Å². The van der Waals surface area contributed by atoms with E-state index >= 15 is 0 Å². The van der Waals surface area contributed by atoms with Crippen LogP contribution in [0.15, 0.2) is 16.6 Å². The molecule has 90 valence electrons. The molecule has 1 nitrogen and oxygen atoms in total. The first-order valence-corrected chi connectivity index (χ1v) is 5.12. The van der Waals surface area contributed by atoms with Gasteiger partial charge in [-0.25, -0.2) is 4.39 Å². The molecule has 0 aliphatic rings. The SMILES string of the molecule is Cc1cc(C(C)(O)C(F)(F)F)cc(Br)c1F. The van der Waals surface area contributed by atoms with Gasteiger partial charge in [0, 0.05) is 0 Å². The van der Waals surface area contributed by atoms with Gasteiger partial charge in [-0.1, -0.05) is 0 Å². The second kappa shape index (κ2) is 4.00. The van der Waals surface area contributed by atoms with Gasteiger partial charge in [-0.3, -0.25) is 0 Å². The smallest absolute Gasteiger partial charge is 0.376 e. The first kappa shape index (κ1) is 13.4. The maximum absolute atomic E-state index is 13.2. The van der Waals surface area contributed by atoms with E-state index in [0.29, 0.717) is 6.92 Å². The molecule has 0 heterocycles. The van der Waals surface area contributed by atoms with Gasteiger partial charge in [-0.15, -0.1) is 0 Å². The number of aryl methyl sites for hydroxylation is 1. The van der Waals surface area contributed by atoms with Crippen LogP contribution in [-0.4, -0.2) is 11.3 Å². The maximum atomic E-state index is 13.2. The molecule has 0 aliphatic carbocycles. The van der Waals surface area contributed by atoms with Crippen molar-refractivity contribution in [2.45, 2.75) is 25.6 Å². The van der Waals surface area contributed by atoms with Gasteiger partial charge in [-0.2, -0.15) is 13.2 Å². The Morgan fingerprint density at radius 2 is 1.75 bits per heavy atom. The number of hydrogen-bond donors (Lipinski definition) is 1. The number of rotatable bonds is 1. The molecule has 16 heavy (non-hydrogen) atoms. The Bertz CT molecular complexity index is 389. The molecule has 0 aliphatic heterocycles. The minimum Gasteiger partial charge on any atom is -0.376 e. The molecule has 0 saturated carbocycles. The Hall–Kier alpha value is -0.620. The molecule has 1 aromatic rings. The third kappa shape index (κ3) is 2.22. The van der Waals surface area contributed by atoms with Crippen molar-refractivity contribution in [2.75, 3.05) is 0 Å². The molecule has 0 bridgehead atoms. The summed E-state index contributed by atoms with van der Waals surface area (Å²) >= 11 is 2.80. The zero-order valence-electron chi connectivity index (χ0n) is 8.49. The van der Waals surface area contributed by atoms with Gasteiger partial charge in [0.25, 0.3) is 0 Å². The largest absolute Gasteiger partial charge is 0.421 e. The molecule has 1 atom stereocenters. The standard InChI is InChI=1S/C10H9BrF4O/c1-5-3-6(4-7(11)8(5)12)9(2,16)10(13,14)15/h3-4,16H,1-2H3. The second-order valence-electron chi connectivity index (χ2n) is 3.66. The van der Waals surface area contributed by atoms with Crippen LogP contribution in [0.3, 0.4) is 0 Å². The average Bonchev–Trinajstić information content (AvgIpc) is 2.11. The first-order valence-electron chi connectivity index (χ1n) is 4.32. The number of benzene rings is 1. The molecule has 0 aromatic heterocycles. The van der Waals surface area contributed by atoms with Crippen LogP contribution in [0.25, 0.3) is 0 Å². The van der Waals surface area contributed by atoms with Gasteiger partial charge < -0.3 is 5.11 Å². The number of halogens is 5.